The van der Waals surface area contributed by atoms with Crippen molar-refractivity contribution in [2.24, 2.45) is 0 Å². The van der Waals surface area contributed by atoms with Crippen LogP contribution in [0.5, 0.6) is 0 Å². The normalized spacial score (nSPS) is 10.2. The largest absolute Gasteiger partial charge is 0.478 e. The minimum absolute atomic E-state index is 0.154. The lowest BCUT2D eigenvalue weighted by molar-refractivity contribution is 0.0696. The number of hydrogen-bond donors (Lipinski definition) is 2. The van der Waals surface area contributed by atoms with Crippen LogP contribution in [-0.2, 0) is 6.54 Å². The molecule has 0 spiro atoms. The van der Waals surface area contributed by atoms with Crippen molar-refractivity contribution in [1.29, 1.82) is 0 Å². The van der Waals surface area contributed by atoms with Gasteiger partial charge in [0.1, 0.15) is 0 Å². The highest BCUT2D eigenvalue weighted by atomic mass is 16.4. The first-order chi connectivity index (χ1) is 9.99. The molecular formula is C16H16N2O3. The maximum atomic E-state index is 12.2. The van der Waals surface area contributed by atoms with E-state index in [1.807, 2.05) is 26.0 Å². The van der Waals surface area contributed by atoms with Crippen LogP contribution >= 0.6 is 0 Å². The number of carboxylic acids is 1. The zero-order valence-electron chi connectivity index (χ0n) is 11.9. The molecule has 21 heavy (non-hydrogen) atoms. The third kappa shape index (κ3) is 3.45. The number of amides is 1. The van der Waals surface area contributed by atoms with E-state index < -0.39 is 5.97 Å². The van der Waals surface area contributed by atoms with Crippen molar-refractivity contribution in [2.75, 3.05) is 0 Å². The highest BCUT2D eigenvalue weighted by Crippen LogP contribution is 2.12. The molecule has 1 amide bonds. The summed E-state index contributed by atoms with van der Waals surface area (Å²) in [7, 11) is 0. The number of carbonyl (C=O) groups is 2. The average Bonchev–Trinajstić information content (AvgIpc) is 2.48. The zero-order chi connectivity index (χ0) is 15.4. The number of carboxylic acid groups (broad SMARTS) is 1. The van der Waals surface area contributed by atoms with Gasteiger partial charge in [-0.25, -0.2) is 4.79 Å². The number of rotatable bonds is 4. The van der Waals surface area contributed by atoms with Crippen molar-refractivity contribution in [3.63, 3.8) is 0 Å². The van der Waals surface area contributed by atoms with Crippen molar-refractivity contribution in [1.82, 2.24) is 10.3 Å². The summed E-state index contributed by atoms with van der Waals surface area (Å²) in [6.45, 7) is 4.03. The molecule has 0 aliphatic heterocycles. The molecule has 0 saturated heterocycles. The molecule has 2 N–H and O–H groups in total. The molecule has 2 aromatic rings. The first-order valence-electron chi connectivity index (χ1n) is 6.51. The molecule has 1 aromatic carbocycles. The van der Waals surface area contributed by atoms with E-state index in [-0.39, 0.29) is 18.0 Å². The van der Waals surface area contributed by atoms with E-state index in [9.17, 15) is 9.59 Å². The number of hydrogen-bond acceptors (Lipinski definition) is 3. The standard InChI is InChI=1S/C16H16N2O3/c1-10-4-3-5-14(11(10)2)15(19)18-9-13-8-12(16(20)21)6-7-17-13/h3-8H,9H2,1-2H3,(H,18,19)(H,20,21). The number of aromatic carboxylic acids is 1. The van der Waals surface area contributed by atoms with E-state index in [4.69, 9.17) is 5.11 Å². The summed E-state index contributed by atoms with van der Waals surface area (Å²) >= 11 is 0. The van der Waals surface area contributed by atoms with Gasteiger partial charge in [0.25, 0.3) is 5.91 Å². The predicted molar refractivity (Wildman–Crippen MR) is 78.3 cm³/mol. The van der Waals surface area contributed by atoms with Crippen LogP contribution in [0.25, 0.3) is 0 Å². The fraction of sp³-hybridized carbons (Fsp3) is 0.188. The van der Waals surface area contributed by atoms with E-state index in [0.29, 0.717) is 11.3 Å². The second-order valence-corrected chi connectivity index (χ2v) is 4.77. The van der Waals surface area contributed by atoms with Gasteiger partial charge < -0.3 is 10.4 Å². The molecule has 2 rings (SSSR count). The van der Waals surface area contributed by atoms with Crippen LogP contribution in [0.1, 0.15) is 37.5 Å². The van der Waals surface area contributed by atoms with Crippen molar-refractivity contribution >= 4 is 11.9 Å². The molecule has 5 nitrogen and oxygen atoms in total. The lowest BCUT2D eigenvalue weighted by atomic mass is 10.0. The molecule has 0 unspecified atom stereocenters. The Balaban J connectivity index is 2.09. The molecule has 0 aliphatic rings. The molecule has 0 atom stereocenters. The number of pyridine rings is 1. The van der Waals surface area contributed by atoms with Gasteiger partial charge in [-0.05, 0) is 43.2 Å². The lowest BCUT2D eigenvalue weighted by Gasteiger charge is -2.09. The second-order valence-electron chi connectivity index (χ2n) is 4.77. The molecule has 1 aromatic heterocycles. The molecule has 0 radical (unpaired) electrons. The van der Waals surface area contributed by atoms with Gasteiger partial charge in [-0.2, -0.15) is 0 Å². The fourth-order valence-electron chi connectivity index (χ4n) is 1.97. The van der Waals surface area contributed by atoms with Gasteiger partial charge in [0.15, 0.2) is 0 Å². The predicted octanol–water partition coefficient (Wildman–Crippen LogP) is 2.33. The van der Waals surface area contributed by atoms with E-state index in [1.54, 1.807) is 6.07 Å². The average molecular weight is 284 g/mol. The molecule has 5 heteroatoms. The van der Waals surface area contributed by atoms with Crippen molar-refractivity contribution in [3.8, 4) is 0 Å². The van der Waals surface area contributed by atoms with Gasteiger partial charge in [-0.3, -0.25) is 9.78 Å². The number of nitrogens with zero attached hydrogens (tertiary/aromatic N) is 1. The van der Waals surface area contributed by atoms with Gasteiger partial charge >= 0.3 is 5.97 Å². The monoisotopic (exact) mass is 284 g/mol. The van der Waals surface area contributed by atoms with Crippen LogP contribution in [-0.4, -0.2) is 22.0 Å². The summed E-state index contributed by atoms with van der Waals surface area (Å²) < 4.78 is 0. The van der Waals surface area contributed by atoms with E-state index in [1.165, 1.54) is 18.3 Å². The van der Waals surface area contributed by atoms with E-state index in [0.717, 1.165) is 11.1 Å². The Hall–Kier alpha value is -2.69. The zero-order valence-corrected chi connectivity index (χ0v) is 11.9. The minimum atomic E-state index is -1.01. The molecule has 1 heterocycles. The third-order valence-corrected chi connectivity index (χ3v) is 3.34. The number of benzene rings is 1. The van der Waals surface area contributed by atoms with Gasteiger partial charge in [-0.1, -0.05) is 12.1 Å². The van der Waals surface area contributed by atoms with Crippen molar-refractivity contribution < 1.29 is 14.7 Å². The molecular weight excluding hydrogens is 268 g/mol. The summed E-state index contributed by atoms with van der Waals surface area (Å²) in [5, 5.41) is 11.7. The Morgan fingerprint density at radius 1 is 1.24 bits per heavy atom. The van der Waals surface area contributed by atoms with Crippen molar-refractivity contribution in [3.05, 3.63) is 64.5 Å². The first-order valence-corrected chi connectivity index (χ1v) is 6.51. The number of aromatic nitrogens is 1. The smallest absolute Gasteiger partial charge is 0.335 e. The van der Waals surface area contributed by atoms with Gasteiger partial charge in [0.2, 0.25) is 0 Å². The first kappa shape index (κ1) is 14.7. The Bertz CT molecular complexity index is 696. The van der Waals surface area contributed by atoms with Gasteiger partial charge in [0, 0.05) is 11.8 Å². The third-order valence-electron chi connectivity index (χ3n) is 3.34. The SMILES string of the molecule is Cc1cccc(C(=O)NCc2cc(C(=O)O)ccn2)c1C. The molecule has 108 valence electrons. The van der Waals surface area contributed by atoms with Crippen LogP contribution in [0.2, 0.25) is 0 Å². The van der Waals surface area contributed by atoms with Crippen LogP contribution in [0, 0.1) is 13.8 Å². The summed E-state index contributed by atoms with van der Waals surface area (Å²) in [6, 6.07) is 8.41. The van der Waals surface area contributed by atoms with Crippen LogP contribution in [0.4, 0.5) is 0 Å². The van der Waals surface area contributed by atoms with Crippen molar-refractivity contribution in [2.45, 2.75) is 20.4 Å². The maximum Gasteiger partial charge on any atom is 0.335 e. The van der Waals surface area contributed by atoms with Gasteiger partial charge in [-0.15, -0.1) is 0 Å². The topological polar surface area (TPSA) is 79.3 Å². The Kier molecular flexibility index (Phi) is 4.33. The summed E-state index contributed by atoms with van der Waals surface area (Å²) in [6.07, 6.45) is 1.42. The fourth-order valence-corrected chi connectivity index (χ4v) is 1.97. The Labute approximate surface area is 122 Å². The number of aryl methyl sites for hydroxylation is 1. The molecule has 0 bridgehead atoms. The number of nitrogens with one attached hydrogen (secondary N) is 1. The van der Waals surface area contributed by atoms with E-state index >= 15 is 0 Å². The Morgan fingerprint density at radius 2 is 2.00 bits per heavy atom. The summed E-state index contributed by atoms with van der Waals surface area (Å²) in [5.41, 5.74) is 3.26. The number of carbonyl (C=O) groups excluding carboxylic acids is 1. The summed E-state index contributed by atoms with van der Waals surface area (Å²) in [5.74, 6) is -1.21. The molecule has 0 fully saturated rings. The Morgan fingerprint density at radius 3 is 2.71 bits per heavy atom. The van der Waals surface area contributed by atoms with Crippen LogP contribution < -0.4 is 5.32 Å². The maximum absolute atomic E-state index is 12.2. The highest BCUT2D eigenvalue weighted by Gasteiger charge is 2.10. The van der Waals surface area contributed by atoms with E-state index in [2.05, 4.69) is 10.3 Å². The lowest BCUT2D eigenvalue weighted by Crippen LogP contribution is -2.24. The van der Waals surface area contributed by atoms with Crippen LogP contribution in [0.3, 0.4) is 0 Å². The minimum Gasteiger partial charge on any atom is -0.478 e. The van der Waals surface area contributed by atoms with Gasteiger partial charge in [0.05, 0.1) is 17.8 Å². The van der Waals surface area contributed by atoms with Crippen LogP contribution in [0.15, 0.2) is 36.5 Å². The molecule has 0 saturated carbocycles. The summed E-state index contributed by atoms with van der Waals surface area (Å²) in [4.78, 5) is 27.1. The highest BCUT2D eigenvalue weighted by molar-refractivity contribution is 5.95. The molecule has 0 aliphatic carbocycles. The quantitative estimate of drug-likeness (QED) is 0.903. The second kappa shape index (κ2) is 6.17.